The molecule has 2 amide bonds. The molecule has 0 radical (unpaired) electrons. The predicted octanol–water partition coefficient (Wildman–Crippen LogP) is 4.04. The maximum atomic E-state index is 13.9. The normalized spacial score (nSPS) is 18.3. The van der Waals surface area contributed by atoms with Crippen molar-refractivity contribution in [1.29, 1.82) is 0 Å². The molecule has 5 rings (SSSR count). The zero-order valence-corrected chi connectivity index (χ0v) is 24.0. The Bertz CT molecular complexity index is 1550. The lowest BCUT2D eigenvalue weighted by atomic mass is 10.0. The van der Waals surface area contributed by atoms with Crippen LogP contribution in [0.1, 0.15) is 43.8 Å². The average Bonchev–Trinajstić information content (AvgIpc) is 3.26. The van der Waals surface area contributed by atoms with Gasteiger partial charge in [-0.1, -0.05) is 12.1 Å². The first-order valence-electron chi connectivity index (χ1n) is 13.5. The summed E-state index contributed by atoms with van der Waals surface area (Å²) in [6.45, 7) is 3.40. The molecule has 2 aliphatic heterocycles. The van der Waals surface area contributed by atoms with Crippen LogP contribution in [0.25, 0.3) is 0 Å². The van der Waals surface area contributed by atoms with Gasteiger partial charge in [-0.2, -0.15) is 18.2 Å². The third-order valence-corrected chi connectivity index (χ3v) is 7.43. The van der Waals surface area contributed by atoms with Gasteiger partial charge >= 0.3 is 6.18 Å². The first-order chi connectivity index (χ1) is 20.5. The van der Waals surface area contributed by atoms with Crippen molar-refractivity contribution >= 4 is 23.5 Å². The van der Waals surface area contributed by atoms with E-state index in [1.165, 1.54) is 24.1 Å². The number of aromatic nitrogens is 2. The van der Waals surface area contributed by atoms with Crippen molar-refractivity contribution in [3.63, 3.8) is 0 Å². The van der Waals surface area contributed by atoms with Crippen LogP contribution in [0.5, 0.6) is 17.4 Å². The highest BCUT2D eigenvalue weighted by Gasteiger charge is 2.38. The van der Waals surface area contributed by atoms with E-state index in [4.69, 9.17) is 14.2 Å². The van der Waals surface area contributed by atoms with Gasteiger partial charge in [0.15, 0.2) is 0 Å². The number of methoxy groups -OCH3 is 2. The zero-order valence-electron chi connectivity index (χ0n) is 24.0. The van der Waals surface area contributed by atoms with Crippen molar-refractivity contribution in [2.75, 3.05) is 39.7 Å². The molecule has 14 heteroatoms. The zero-order chi connectivity index (χ0) is 30.9. The minimum atomic E-state index is -4.83. The molecule has 1 fully saturated rings. The lowest BCUT2D eigenvalue weighted by Gasteiger charge is -2.31. The summed E-state index contributed by atoms with van der Waals surface area (Å²) >= 11 is 0. The maximum Gasteiger partial charge on any atom is 0.423 e. The van der Waals surface area contributed by atoms with Crippen LogP contribution in [0.2, 0.25) is 0 Å². The van der Waals surface area contributed by atoms with E-state index < -0.39 is 17.6 Å². The van der Waals surface area contributed by atoms with Gasteiger partial charge in [-0.05, 0) is 49.2 Å². The van der Waals surface area contributed by atoms with Crippen LogP contribution < -0.4 is 25.4 Å². The third kappa shape index (κ3) is 6.20. The molecular formula is C29H31F3N6O5. The maximum absolute atomic E-state index is 13.9. The Morgan fingerprint density at radius 2 is 1.98 bits per heavy atom. The molecule has 228 valence electrons. The van der Waals surface area contributed by atoms with Crippen LogP contribution in [0.15, 0.2) is 36.5 Å². The van der Waals surface area contributed by atoms with Gasteiger partial charge in [-0.25, -0.2) is 4.98 Å². The Hall–Kier alpha value is -4.43. The number of anilines is 2. The van der Waals surface area contributed by atoms with Crippen LogP contribution >= 0.6 is 0 Å². The van der Waals surface area contributed by atoms with Gasteiger partial charge in [-0.3, -0.25) is 9.59 Å². The van der Waals surface area contributed by atoms with Crippen molar-refractivity contribution in [3.8, 4) is 17.4 Å². The minimum Gasteiger partial charge on any atom is -0.495 e. The summed E-state index contributed by atoms with van der Waals surface area (Å²) in [5.41, 5.74) is 0.857. The Labute approximate surface area is 245 Å². The van der Waals surface area contributed by atoms with E-state index in [0.29, 0.717) is 48.1 Å². The monoisotopic (exact) mass is 600 g/mol. The van der Waals surface area contributed by atoms with Crippen LogP contribution in [-0.4, -0.2) is 73.2 Å². The van der Waals surface area contributed by atoms with E-state index in [9.17, 15) is 22.8 Å². The number of amides is 2. The highest BCUT2D eigenvalue weighted by molar-refractivity contribution is 6.01. The molecule has 0 saturated carbocycles. The van der Waals surface area contributed by atoms with Gasteiger partial charge in [0.1, 0.15) is 17.1 Å². The number of halogens is 3. The standard InChI is InChI=1S/C29H31F3N6O5/c1-15-10-20(22(41-3)11-17(15)25(39)35-19-8-9-33-13-23(19)42-4)36-28-34-12-18(29(30,31)32)26(37-28)43-21-7-5-6-16-14-38(2)27(40)24(16)21/h5-7,10-12,19,23,33H,8-9,13-14H2,1-4H3,(H,35,39)(H,34,36,37)/t19-,23-/m0/s1. The van der Waals surface area contributed by atoms with Gasteiger partial charge in [0, 0.05) is 39.0 Å². The summed E-state index contributed by atoms with van der Waals surface area (Å²) in [5.74, 6) is -1.48. The SMILES string of the molecule is COc1cc(C(=O)N[C@H]2CCNC[C@@H]2OC)c(C)cc1Nc1ncc(C(F)(F)F)c(Oc2cccc3c2C(=O)N(C)C3)n1. The molecule has 0 unspecified atom stereocenters. The highest BCUT2D eigenvalue weighted by Crippen LogP contribution is 2.40. The Morgan fingerprint density at radius 3 is 2.70 bits per heavy atom. The third-order valence-electron chi connectivity index (χ3n) is 7.43. The quantitative estimate of drug-likeness (QED) is 0.351. The molecular weight excluding hydrogens is 569 g/mol. The number of carbonyl (C=O) groups is 2. The van der Waals surface area contributed by atoms with Gasteiger partial charge in [0.2, 0.25) is 11.8 Å². The Kier molecular flexibility index (Phi) is 8.42. The fourth-order valence-corrected chi connectivity index (χ4v) is 5.17. The van der Waals surface area contributed by atoms with E-state index in [2.05, 4.69) is 25.9 Å². The molecule has 3 aromatic rings. The molecule has 3 N–H and O–H groups in total. The molecule has 0 aliphatic carbocycles. The second-order valence-electron chi connectivity index (χ2n) is 10.3. The molecule has 3 heterocycles. The lowest BCUT2D eigenvalue weighted by Crippen LogP contribution is -2.53. The Balaban J connectivity index is 1.43. The van der Waals surface area contributed by atoms with E-state index in [0.717, 1.165) is 6.54 Å². The lowest BCUT2D eigenvalue weighted by molar-refractivity contribution is -0.139. The van der Waals surface area contributed by atoms with Crippen molar-refractivity contribution in [1.82, 2.24) is 25.5 Å². The molecule has 1 saturated heterocycles. The number of fused-ring (bicyclic) bond motifs is 1. The summed E-state index contributed by atoms with van der Waals surface area (Å²) in [6, 6.07) is 7.70. The second kappa shape index (κ2) is 12.1. The fraction of sp³-hybridized carbons (Fsp3) is 0.379. The number of rotatable bonds is 8. The molecule has 1 aromatic heterocycles. The number of nitrogens with one attached hydrogen (secondary N) is 3. The summed E-state index contributed by atoms with van der Waals surface area (Å²) in [5, 5.41) is 9.12. The molecule has 0 spiro atoms. The Morgan fingerprint density at radius 1 is 1.19 bits per heavy atom. The highest BCUT2D eigenvalue weighted by atomic mass is 19.4. The van der Waals surface area contributed by atoms with Gasteiger partial charge in [-0.15, -0.1) is 0 Å². The first-order valence-corrected chi connectivity index (χ1v) is 13.5. The number of benzene rings is 2. The minimum absolute atomic E-state index is 0.0461. The largest absolute Gasteiger partial charge is 0.495 e. The number of piperidine rings is 1. The number of ether oxygens (including phenoxy) is 3. The fourth-order valence-electron chi connectivity index (χ4n) is 5.17. The number of hydrogen-bond acceptors (Lipinski definition) is 9. The van der Waals surface area contributed by atoms with E-state index in [1.54, 1.807) is 39.3 Å². The molecule has 2 atom stereocenters. The van der Waals surface area contributed by atoms with Crippen LogP contribution in [-0.2, 0) is 17.5 Å². The first kappa shape index (κ1) is 30.0. The van der Waals surface area contributed by atoms with Crippen LogP contribution in [0, 0.1) is 6.92 Å². The molecule has 0 bridgehead atoms. The summed E-state index contributed by atoms with van der Waals surface area (Å²) < 4.78 is 58.3. The molecule has 2 aromatic carbocycles. The number of nitrogens with zero attached hydrogens (tertiary/aromatic N) is 3. The predicted molar refractivity (Wildman–Crippen MR) is 150 cm³/mol. The van der Waals surface area contributed by atoms with Gasteiger partial charge in [0.25, 0.3) is 11.8 Å². The number of alkyl halides is 3. The molecule has 43 heavy (non-hydrogen) atoms. The van der Waals surface area contributed by atoms with Crippen LogP contribution in [0.3, 0.4) is 0 Å². The van der Waals surface area contributed by atoms with Crippen molar-refractivity contribution < 1.29 is 37.0 Å². The summed E-state index contributed by atoms with van der Waals surface area (Å²) in [7, 11) is 4.58. The number of hydrogen-bond donors (Lipinski definition) is 3. The van der Waals surface area contributed by atoms with E-state index in [-0.39, 0.29) is 47.0 Å². The summed E-state index contributed by atoms with van der Waals surface area (Å²) in [6.07, 6.45) is -3.70. The van der Waals surface area contributed by atoms with Gasteiger partial charge < -0.3 is 35.1 Å². The molecule has 2 aliphatic rings. The van der Waals surface area contributed by atoms with E-state index in [1.807, 2.05) is 0 Å². The van der Waals surface area contributed by atoms with E-state index >= 15 is 0 Å². The second-order valence-corrected chi connectivity index (χ2v) is 10.3. The number of aryl methyl sites for hydroxylation is 1. The van der Waals surface area contributed by atoms with Crippen molar-refractivity contribution in [2.45, 2.75) is 38.2 Å². The average molecular weight is 601 g/mol. The van der Waals surface area contributed by atoms with Crippen LogP contribution in [0.4, 0.5) is 24.8 Å². The van der Waals surface area contributed by atoms with Gasteiger partial charge in [0.05, 0.1) is 30.5 Å². The molecule has 11 nitrogen and oxygen atoms in total. The van der Waals surface area contributed by atoms with Crippen molar-refractivity contribution in [2.24, 2.45) is 0 Å². The topological polar surface area (TPSA) is 127 Å². The summed E-state index contributed by atoms with van der Waals surface area (Å²) in [4.78, 5) is 35.1. The van der Waals surface area contributed by atoms with Crippen molar-refractivity contribution in [3.05, 3.63) is 64.3 Å². The smallest absolute Gasteiger partial charge is 0.423 e. The number of carbonyl (C=O) groups excluding carboxylic acids is 2.